The number of fused-ring (bicyclic) bond motifs is 1. The average Bonchev–Trinajstić information content (AvgIpc) is 2.75. The maximum atomic E-state index is 14.1. The number of carboxylic acid groups (broad SMARTS) is 1. The normalized spacial score (nSPS) is 18.2. The molecule has 29 heavy (non-hydrogen) atoms. The van der Waals surface area contributed by atoms with Gasteiger partial charge in [0.25, 0.3) is 5.72 Å². The molecule has 1 aliphatic rings. The lowest BCUT2D eigenvalue weighted by Crippen LogP contribution is -2.50. The minimum Gasteiger partial charge on any atom is -0.477 e. The molecule has 0 radical (unpaired) electrons. The molecule has 3 N–H and O–H groups in total. The number of hydrogen-bond acceptors (Lipinski definition) is 5. The standard InChI is InChI=1S/C22H18NO5P/c24-21(25)22(26)20(15-16-9-7-8-14-19(16)23-22)28-29(27,17-10-3-1-4-11-17)18-12-5-2-6-13-18/h1-15,23,26H,(H,24,25). The lowest BCUT2D eigenvalue weighted by Gasteiger charge is -2.34. The van der Waals surface area contributed by atoms with E-state index < -0.39 is 19.1 Å². The van der Waals surface area contributed by atoms with Crippen LogP contribution in [-0.2, 0) is 13.9 Å². The molecule has 1 heterocycles. The van der Waals surface area contributed by atoms with E-state index in [2.05, 4.69) is 5.32 Å². The molecule has 6 nitrogen and oxygen atoms in total. The van der Waals surface area contributed by atoms with Crippen molar-refractivity contribution in [2.75, 3.05) is 5.32 Å². The fourth-order valence-corrected chi connectivity index (χ4v) is 5.23. The van der Waals surface area contributed by atoms with Crippen LogP contribution >= 0.6 is 7.37 Å². The van der Waals surface area contributed by atoms with Gasteiger partial charge in [-0.1, -0.05) is 54.6 Å². The lowest BCUT2D eigenvalue weighted by molar-refractivity contribution is -0.153. The molecule has 146 valence electrons. The van der Waals surface area contributed by atoms with Crippen molar-refractivity contribution in [3.63, 3.8) is 0 Å². The van der Waals surface area contributed by atoms with Gasteiger partial charge in [0.2, 0.25) is 0 Å². The van der Waals surface area contributed by atoms with E-state index in [0.29, 0.717) is 21.9 Å². The Balaban J connectivity index is 1.88. The zero-order chi connectivity index (χ0) is 20.5. The molecule has 0 saturated carbocycles. The van der Waals surface area contributed by atoms with Crippen LogP contribution in [0.2, 0.25) is 0 Å². The van der Waals surface area contributed by atoms with Gasteiger partial charge in [0.05, 0.1) is 10.6 Å². The van der Waals surface area contributed by atoms with Crippen molar-refractivity contribution in [3.05, 3.63) is 96.3 Å². The van der Waals surface area contributed by atoms with Crippen LogP contribution in [0.3, 0.4) is 0 Å². The van der Waals surface area contributed by atoms with Gasteiger partial charge in [0, 0.05) is 11.3 Å². The van der Waals surface area contributed by atoms with E-state index in [9.17, 15) is 19.6 Å². The number of rotatable bonds is 5. The molecule has 3 aromatic carbocycles. The number of carbonyl (C=O) groups is 1. The molecule has 0 aromatic heterocycles. The minimum atomic E-state index is -3.76. The van der Waals surface area contributed by atoms with E-state index in [1.54, 1.807) is 84.9 Å². The molecular formula is C22H18NO5P. The first-order valence-electron chi connectivity index (χ1n) is 8.89. The van der Waals surface area contributed by atoms with Gasteiger partial charge in [0.1, 0.15) is 0 Å². The van der Waals surface area contributed by atoms with Gasteiger partial charge in [-0.15, -0.1) is 0 Å². The SMILES string of the molecule is O=C(O)C1(O)Nc2ccccc2C=C1OP(=O)(c1ccccc1)c1ccccc1. The van der Waals surface area contributed by atoms with Gasteiger partial charge in [0.15, 0.2) is 5.76 Å². The largest absolute Gasteiger partial charge is 0.477 e. The van der Waals surface area contributed by atoms with Gasteiger partial charge in [-0.05, 0) is 36.4 Å². The highest BCUT2D eigenvalue weighted by atomic mass is 31.2. The van der Waals surface area contributed by atoms with Gasteiger partial charge in [-0.3, -0.25) is 4.57 Å². The monoisotopic (exact) mass is 407 g/mol. The molecule has 1 atom stereocenters. The van der Waals surface area contributed by atoms with E-state index in [1.807, 2.05) is 0 Å². The van der Waals surface area contributed by atoms with E-state index >= 15 is 0 Å². The average molecular weight is 407 g/mol. The first-order valence-corrected chi connectivity index (χ1v) is 10.5. The van der Waals surface area contributed by atoms with Gasteiger partial charge >= 0.3 is 13.3 Å². The van der Waals surface area contributed by atoms with Crippen molar-refractivity contribution >= 4 is 35.7 Å². The van der Waals surface area contributed by atoms with Crippen molar-refractivity contribution in [3.8, 4) is 0 Å². The molecular weight excluding hydrogens is 389 g/mol. The number of para-hydroxylation sites is 1. The number of carboxylic acids is 1. The van der Waals surface area contributed by atoms with Crippen molar-refractivity contribution in [2.24, 2.45) is 0 Å². The zero-order valence-electron chi connectivity index (χ0n) is 15.2. The quantitative estimate of drug-likeness (QED) is 0.563. The molecule has 1 aliphatic heterocycles. The molecule has 4 rings (SSSR count). The second kappa shape index (κ2) is 7.24. The molecule has 1 unspecified atom stereocenters. The summed E-state index contributed by atoms with van der Waals surface area (Å²) in [4.78, 5) is 11.9. The molecule has 0 bridgehead atoms. The molecule has 0 spiro atoms. The number of aliphatic hydroxyl groups is 1. The maximum absolute atomic E-state index is 14.1. The summed E-state index contributed by atoms with van der Waals surface area (Å²) in [6, 6.07) is 23.9. The highest BCUT2D eigenvalue weighted by Gasteiger charge is 2.48. The van der Waals surface area contributed by atoms with E-state index in [0.717, 1.165) is 0 Å². The van der Waals surface area contributed by atoms with Crippen LogP contribution in [0.15, 0.2) is 90.7 Å². The highest BCUT2D eigenvalue weighted by Crippen LogP contribution is 2.50. The Kier molecular flexibility index (Phi) is 4.74. The van der Waals surface area contributed by atoms with E-state index in [1.165, 1.54) is 6.08 Å². The molecule has 3 aromatic rings. The summed E-state index contributed by atoms with van der Waals surface area (Å²) in [5.74, 6) is -1.91. The summed E-state index contributed by atoms with van der Waals surface area (Å²) in [7, 11) is -3.76. The third-order valence-corrected chi connectivity index (χ3v) is 7.06. The topological polar surface area (TPSA) is 95.9 Å². The number of aliphatic carboxylic acids is 1. The zero-order valence-corrected chi connectivity index (χ0v) is 16.1. The second-order valence-electron chi connectivity index (χ2n) is 6.55. The molecule has 0 saturated heterocycles. The van der Waals surface area contributed by atoms with Crippen LogP contribution < -0.4 is 15.9 Å². The first kappa shape index (κ1) is 19.0. The predicted molar refractivity (Wildman–Crippen MR) is 111 cm³/mol. The summed E-state index contributed by atoms with van der Waals surface area (Å²) in [5.41, 5.74) is -1.52. The fraction of sp³-hybridized carbons (Fsp3) is 0.0455. The first-order chi connectivity index (χ1) is 13.9. The van der Waals surface area contributed by atoms with E-state index in [4.69, 9.17) is 4.52 Å². The van der Waals surface area contributed by atoms with Crippen LogP contribution in [0.1, 0.15) is 5.56 Å². The summed E-state index contributed by atoms with van der Waals surface area (Å²) < 4.78 is 20.0. The smallest absolute Gasteiger partial charge is 0.365 e. The lowest BCUT2D eigenvalue weighted by atomic mass is 10.0. The molecule has 7 heteroatoms. The highest BCUT2D eigenvalue weighted by molar-refractivity contribution is 7.74. The third-order valence-electron chi connectivity index (χ3n) is 4.65. The Hall–Kier alpha value is -3.34. The summed E-state index contributed by atoms with van der Waals surface area (Å²) >= 11 is 0. The van der Waals surface area contributed by atoms with Gasteiger partial charge < -0.3 is 20.1 Å². The van der Waals surface area contributed by atoms with Crippen molar-refractivity contribution in [1.82, 2.24) is 0 Å². The predicted octanol–water partition coefficient (Wildman–Crippen LogP) is 3.17. The van der Waals surface area contributed by atoms with Crippen LogP contribution in [0.4, 0.5) is 5.69 Å². The molecule has 0 amide bonds. The summed E-state index contributed by atoms with van der Waals surface area (Å²) in [6.45, 7) is 0. The summed E-state index contributed by atoms with van der Waals surface area (Å²) in [6.07, 6.45) is 1.40. The Morgan fingerprint density at radius 3 is 1.93 bits per heavy atom. The van der Waals surface area contributed by atoms with Crippen molar-refractivity contribution in [1.29, 1.82) is 0 Å². The number of hydrogen-bond donors (Lipinski definition) is 3. The van der Waals surface area contributed by atoms with Crippen LogP contribution in [0.5, 0.6) is 0 Å². The van der Waals surface area contributed by atoms with E-state index in [-0.39, 0.29) is 5.76 Å². The van der Waals surface area contributed by atoms with Gasteiger partial charge in [-0.25, -0.2) is 4.79 Å². The number of nitrogens with one attached hydrogen (secondary N) is 1. The maximum Gasteiger partial charge on any atom is 0.365 e. The van der Waals surface area contributed by atoms with Crippen molar-refractivity contribution < 1.29 is 24.1 Å². The van der Waals surface area contributed by atoms with Crippen LogP contribution in [-0.4, -0.2) is 21.9 Å². The van der Waals surface area contributed by atoms with Gasteiger partial charge in [-0.2, -0.15) is 0 Å². The van der Waals surface area contributed by atoms with Crippen LogP contribution in [0.25, 0.3) is 6.08 Å². The van der Waals surface area contributed by atoms with Crippen LogP contribution in [0, 0.1) is 0 Å². The summed E-state index contributed by atoms with van der Waals surface area (Å²) in [5, 5.41) is 24.0. The molecule has 0 fully saturated rings. The van der Waals surface area contributed by atoms with Crippen molar-refractivity contribution in [2.45, 2.75) is 5.72 Å². The third kappa shape index (κ3) is 3.33. The Bertz CT molecular complexity index is 1090. The minimum absolute atomic E-state index is 0.347. The fourth-order valence-electron chi connectivity index (χ4n) is 3.13. The Labute approximate surface area is 167 Å². The Morgan fingerprint density at radius 1 is 0.862 bits per heavy atom. The second-order valence-corrected chi connectivity index (χ2v) is 8.87. The molecule has 0 aliphatic carbocycles. The Morgan fingerprint density at radius 2 is 1.38 bits per heavy atom. The number of benzene rings is 3. The number of anilines is 1.